The number of ketones is 1. The second-order valence-electron chi connectivity index (χ2n) is 9.25. The third-order valence-corrected chi connectivity index (χ3v) is 6.17. The highest BCUT2D eigenvalue weighted by atomic mass is 16.5. The van der Waals surface area contributed by atoms with E-state index in [1.165, 1.54) is 4.90 Å². The maximum absolute atomic E-state index is 13.5. The fourth-order valence-electron chi connectivity index (χ4n) is 4.56. The van der Waals surface area contributed by atoms with Crippen molar-refractivity contribution in [3.63, 3.8) is 0 Å². The van der Waals surface area contributed by atoms with Crippen molar-refractivity contribution >= 4 is 23.1 Å². The van der Waals surface area contributed by atoms with Crippen molar-refractivity contribution in [3.8, 4) is 17.2 Å². The van der Waals surface area contributed by atoms with E-state index in [0.29, 0.717) is 47.3 Å². The second-order valence-corrected chi connectivity index (χ2v) is 9.25. The van der Waals surface area contributed by atoms with Gasteiger partial charge in [-0.2, -0.15) is 0 Å². The van der Waals surface area contributed by atoms with E-state index in [1.54, 1.807) is 66.7 Å². The van der Waals surface area contributed by atoms with Gasteiger partial charge < -0.3 is 19.3 Å². The van der Waals surface area contributed by atoms with Gasteiger partial charge >= 0.3 is 0 Å². The van der Waals surface area contributed by atoms with Crippen LogP contribution in [0.15, 0.2) is 72.3 Å². The summed E-state index contributed by atoms with van der Waals surface area (Å²) in [6, 6.07) is 18.6. The van der Waals surface area contributed by atoms with E-state index in [-0.39, 0.29) is 17.4 Å². The molecule has 1 heterocycles. The Balaban J connectivity index is 1.87. The van der Waals surface area contributed by atoms with Crippen molar-refractivity contribution in [3.05, 3.63) is 89.0 Å². The zero-order valence-electron chi connectivity index (χ0n) is 22.4. The predicted octanol–water partition coefficient (Wildman–Crippen LogP) is 6.21. The lowest BCUT2D eigenvalue weighted by Gasteiger charge is -2.26. The number of aliphatic hydroxyl groups is 1. The van der Waals surface area contributed by atoms with Crippen molar-refractivity contribution in [2.45, 2.75) is 46.8 Å². The minimum Gasteiger partial charge on any atom is -0.507 e. The van der Waals surface area contributed by atoms with Gasteiger partial charge in [-0.1, -0.05) is 18.2 Å². The van der Waals surface area contributed by atoms with Crippen LogP contribution < -0.4 is 19.1 Å². The molecule has 198 valence electrons. The van der Waals surface area contributed by atoms with E-state index in [2.05, 4.69) is 0 Å². The quantitative estimate of drug-likeness (QED) is 0.207. The number of hydrogen-bond acceptors (Lipinski definition) is 6. The average Bonchev–Trinajstić information content (AvgIpc) is 3.16. The predicted molar refractivity (Wildman–Crippen MR) is 147 cm³/mol. The van der Waals surface area contributed by atoms with E-state index in [4.69, 9.17) is 14.2 Å². The maximum Gasteiger partial charge on any atom is 0.300 e. The van der Waals surface area contributed by atoms with Gasteiger partial charge in [0.2, 0.25) is 0 Å². The molecule has 1 atom stereocenters. The van der Waals surface area contributed by atoms with Gasteiger partial charge in [0.05, 0.1) is 30.9 Å². The van der Waals surface area contributed by atoms with Crippen molar-refractivity contribution in [1.29, 1.82) is 0 Å². The number of anilines is 1. The molecule has 1 saturated heterocycles. The van der Waals surface area contributed by atoms with E-state index >= 15 is 0 Å². The Morgan fingerprint density at radius 2 is 1.61 bits per heavy atom. The van der Waals surface area contributed by atoms with E-state index < -0.39 is 17.7 Å². The molecule has 0 saturated carbocycles. The second kappa shape index (κ2) is 11.4. The fraction of sp³-hybridized carbons (Fsp3) is 0.290. The van der Waals surface area contributed by atoms with Crippen molar-refractivity contribution in [2.24, 2.45) is 0 Å². The Morgan fingerprint density at radius 3 is 2.24 bits per heavy atom. The lowest BCUT2D eigenvalue weighted by atomic mass is 9.94. The summed E-state index contributed by atoms with van der Waals surface area (Å²) in [7, 11) is 0. The zero-order valence-corrected chi connectivity index (χ0v) is 22.4. The Kier molecular flexibility index (Phi) is 8.05. The first-order valence-electron chi connectivity index (χ1n) is 12.8. The Bertz CT molecular complexity index is 1360. The minimum absolute atomic E-state index is 0.00872. The van der Waals surface area contributed by atoms with Crippen molar-refractivity contribution in [1.82, 2.24) is 0 Å². The summed E-state index contributed by atoms with van der Waals surface area (Å²) in [5.41, 5.74) is 2.40. The molecule has 0 radical (unpaired) electrons. The molecule has 1 fully saturated rings. The van der Waals surface area contributed by atoms with Gasteiger partial charge in [-0.15, -0.1) is 0 Å². The molecule has 1 unspecified atom stereocenters. The summed E-state index contributed by atoms with van der Waals surface area (Å²) in [6.07, 6.45) is -0.00872. The Hall–Kier alpha value is -4.26. The molecular formula is C31H33NO6. The van der Waals surface area contributed by atoms with Gasteiger partial charge in [-0.3, -0.25) is 14.5 Å². The van der Waals surface area contributed by atoms with Crippen LogP contribution in [0, 0.1) is 6.92 Å². The topological polar surface area (TPSA) is 85.3 Å². The molecule has 1 aliphatic heterocycles. The maximum atomic E-state index is 13.5. The van der Waals surface area contributed by atoms with Crippen LogP contribution in [0.1, 0.15) is 50.4 Å². The number of rotatable bonds is 9. The number of ether oxygens (including phenoxy) is 3. The first-order chi connectivity index (χ1) is 18.2. The smallest absolute Gasteiger partial charge is 0.300 e. The number of aryl methyl sites for hydroxylation is 1. The van der Waals surface area contributed by atoms with E-state index in [9.17, 15) is 14.7 Å². The molecule has 7 heteroatoms. The SMILES string of the molecule is CCOc1ccc(C2/C(=C(/O)c3ccc(OC(C)C)c(C)c3)C(=O)C(=O)N2c2cccc(OCC)c2)cc1. The summed E-state index contributed by atoms with van der Waals surface area (Å²) in [4.78, 5) is 28.3. The molecule has 1 aliphatic rings. The first kappa shape index (κ1) is 26.8. The molecule has 0 aliphatic carbocycles. The van der Waals surface area contributed by atoms with Gasteiger partial charge in [0.25, 0.3) is 11.7 Å². The molecule has 38 heavy (non-hydrogen) atoms. The lowest BCUT2D eigenvalue weighted by molar-refractivity contribution is -0.132. The number of aliphatic hydroxyl groups excluding tert-OH is 1. The van der Waals surface area contributed by atoms with Crippen LogP contribution in [-0.4, -0.2) is 36.1 Å². The minimum atomic E-state index is -0.852. The van der Waals surface area contributed by atoms with Crippen LogP contribution in [0.25, 0.3) is 5.76 Å². The molecular weight excluding hydrogens is 482 g/mol. The fourth-order valence-corrected chi connectivity index (χ4v) is 4.56. The standard InChI is InChI=1S/C31H33NO6/c1-6-36-24-14-11-21(12-15-24)28-27(29(33)22-13-16-26(20(5)17-22)38-19(3)4)30(34)31(35)32(28)23-9-8-10-25(18-23)37-7-2/h8-19,28,33H,6-7H2,1-5H3/b29-27-. The summed E-state index contributed by atoms with van der Waals surface area (Å²) in [5, 5.41) is 11.5. The third-order valence-electron chi connectivity index (χ3n) is 6.17. The summed E-state index contributed by atoms with van der Waals surface area (Å²) >= 11 is 0. The van der Waals surface area contributed by atoms with Gasteiger partial charge in [-0.05, 0) is 88.2 Å². The number of carbonyl (C=O) groups is 2. The van der Waals surface area contributed by atoms with Crippen LogP contribution >= 0.6 is 0 Å². The molecule has 0 spiro atoms. The zero-order chi connectivity index (χ0) is 27.4. The average molecular weight is 516 g/mol. The Morgan fingerprint density at radius 1 is 0.921 bits per heavy atom. The molecule has 0 aromatic heterocycles. The summed E-state index contributed by atoms with van der Waals surface area (Å²) in [6.45, 7) is 10.5. The van der Waals surface area contributed by atoms with Crippen LogP contribution in [0.5, 0.6) is 17.2 Å². The number of amides is 1. The third kappa shape index (κ3) is 5.37. The molecule has 1 amide bonds. The molecule has 4 rings (SSSR count). The summed E-state index contributed by atoms with van der Waals surface area (Å²) < 4.78 is 17.0. The van der Waals surface area contributed by atoms with Gasteiger partial charge in [0.1, 0.15) is 23.0 Å². The van der Waals surface area contributed by atoms with Gasteiger partial charge in [0, 0.05) is 17.3 Å². The van der Waals surface area contributed by atoms with Crippen LogP contribution in [0.4, 0.5) is 5.69 Å². The number of nitrogens with zero attached hydrogens (tertiary/aromatic N) is 1. The normalized spacial score (nSPS) is 16.7. The first-order valence-corrected chi connectivity index (χ1v) is 12.8. The molecule has 1 N–H and O–H groups in total. The number of carbonyl (C=O) groups excluding carboxylic acids is 2. The van der Waals surface area contributed by atoms with Crippen LogP contribution in [-0.2, 0) is 9.59 Å². The van der Waals surface area contributed by atoms with E-state index in [0.717, 1.165) is 5.56 Å². The highest BCUT2D eigenvalue weighted by molar-refractivity contribution is 6.51. The highest BCUT2D eigenvalue weighted by Gasteiger charge is 2.47. The largest absolute Gasteiger partial charge is 0.507 e. The lowest BCUT2D eigenvalue weighted by Crippen LogP contribution is -2.29. The van der Waals surface area contributed by atoms with Gasteiger partial charge in [0.15, 0.2) is 0 Å². The number of Topliss-reactive ketones (excluding diaryl/α,β-unsaturated/α-hetero) is 1. The monoisotopic (exact) mass is 515 g/mol. The van der Waals surface area contributed by atoms with Crippen LogP contribution in [0.2, 0.25) is 0 Å². The van der Waals surface area contributed by atoms with Crippen molar-refractivity contribution < 1.29 is 28.9 Å². The highest BCUT2D eigenvalue weighted by Crippen LogP contribution is 2.43. The number of hydrogen-bond donors (Lipinski definition) is 1. The molecule has 0 bridgehead atoms. The van der Waals surface area contributed by atoms with Crippen LogP contribution in [0.3, 0.4) is 0 Å². The van der Waals surface area contributed by atoms with Gasteiger partial charge in [-0.25, -0.2) is 0 Å². The van der Waals surface area contributed by atoms with E-state index in [1.807, 2.05) is 34.6 Å². The molecule has 3 aromatic rings. The molecule has 3 aromatic carbocycles. The van der Waals surface area contributed by atoms with Crippen molar-refractivity contribution in [2.75, 3.05) is 18.1 Å². The Labute approximate surface area is 223 Å². The number of benzene rings is 3. The summed E-state index contributed by atoms with van der Waals surface area (Å²) in [5.74, 6) is 0.202. The molecule has 7 nitrogen and oxygen atoms in total.